The van der Waals surface area contributed by atoms with Crippen molar-refractivity contribution in [3.63, 3.8) is 0 Å². The Morgan fingerprint density at radius 3 is 2.00 bits per heavy atom. The van der Waals surface area contributed by atoms with Gasteiger partial charge in [0.2, 0.25) is 0 Å². The van der Waals surface area contributed by atoms with Gasteiger partial charge in [-0.1, -0.05) is 48.5 Å². The molecule has 5 heteroatoms. The summed E-state index contributed by atoms with van der Waals surface area (Å²) in [7, 11) is -3.59. The van der Waals surface area contributed by atoms with Crippen molar-refractivity contribution in [2.24, 2.45) is 40.4 Å². The maximum Gasteiger partial charge on any atom is 0.195 e. The first-order chi connectivity index (χ1) is 16.4. The first-order valence-electron chi connectivity index (χ1n) is 15.4. The Hall–Kier alpha value is 0.314. The van der Waals surface area contributed by atoms with Gasteiger partial charge in [0.05, 0.1) is 12.2 Å². The average Bonchev–Trinajstić information content (AvgIpc) is 3.02. The van der Waals surface area contributed by atoms with Gasteiger partial charge in [0.1, 0.15) is 0 Å². The molecule has 0 N–H and O–H groups in total. The summed E-state index contributed by atoms with van der Waals surface area (Å²) in [6.45, 7) is 26.7. The van der Waals surface area contributed by atoms with E-state index < -0.39 is 16.6 Å². The van der Waals surface area contributed by atoms with Crippen LogP contribution in [0.15, 0.2) is 0 Å². The molecule has 0 radical (unpaired) electrons. The van der Waals surface area contributed by atoms with Crippen LogP contribution in [0.1, 0.15) is 99.8 Å². The standard InChI is InChI=1S/C31H56O3Si2/c1-27(2,3)35(8,9)33-25-15-14-22-21-13-12-20-18-30(34-36(10,11)28(4,5)6)19-24-26(32-30)31(20,24)23(21)16-17-29(22,25)7/h20-26H,12-19H2,1-11H3/t20-,21-,22-,23-,24-,25-,26-,29-,30+,31+/m0/s1. The third-order valence-corrected chi connectivity index (χ3v) is 22.8. The Labute approximate surface area is 224 Å². The predicted octanol–water partition coefficient (Wildman–Crippen LogP) is 8.76. The van der Waals surface area contributed by atoms with Crippen LogP contribution < -0.4 is 0 Å². The Morgan fingerprint density at radius 1 is 0.750 bits per heavy atom. The zero-order valence-corrected chi connectivity index (χ0v) is 27.4. The van der Waals surface area contributed by atoms with Crippen LogP contribution in [0.5, 0.6) is 0 Å². The molecule has 1 spiro atoms. The van der Waals surface area contributed by atoms with Gasteiger partial charge in [0.25, 0.3) is 0 Å². The maximum atomic E-state index is 7.18. The third-order valence-electron chi connectivity index (χ3n) is 13.9. The molecule has 0 aromatic heterocycles. The fourth-order valence-corrected chi connectivity index (χ4v) is 12.9. The zero-order chi connectivity index (χ0) is 26.3. The van der Waals surface area contributed by atoms with Crippen LogP contribution in [-0.2, 0) is 13.6 Å². The second-order valence-corrected chi connectivity index (χ2v) is 26.9. The fourth-order valence-electron chi connectivity index (χ4n) is 10.0. The van der Waals surface area contributed by atoms with Crippen molar-refractivity contribution in [1.29, 1.82) is 0 Å². The van der Waals surface area contributed by atoms with Crippen molar-refractivity contribution in [2.45, 2.75) is 154 Å². The number of rotatable bonds is 4. The van der Waals surface area contributed by atoms with Crippen molar-refractivity contribution >= 4 is 16.6 Å². The molecule has 2 heterocycles. The van der Waals surface area contributed by atoms with Gasteiger partial charge in [-0.25, -0.2) is 0 Å². The summed E-state index contributed by atoms with van der Waals surface area (Å²) in [5.74, 6) is 4.01. The Balaban J connectivity index is 1.20. The van der Waals surface area contributed by atoms with Crippen LogP contribution in [0.2, 0.25) is 36.3 Å². The molecule has 7 rings (SSSR count). The van der Waals surface area contributed by atoms with E-state index in [1.807, 2.05) is 0 Å². The van der Waals surface area contributed by atoms with Crippen LogP contribution in [-0.4, -0.2) is 34.6 Å². The molecular weight excluding hydrogens is 477 g/mol. The Kier molecular flexibility index (Phi) is 5.55. The number of fused-ring (bicyclic) bond motifs is 3. The molecule has 0 aromatic rings. The smallest absolute Gasteiger partial charge is 0.195 e. The minimum atomic E-state index is -1.85. The average molecular weight is 533 g/mol. The zero-order valence-electron chi connectivity index (χ0n) is 25.4. The molecule has 36 heavy (non-hydrogen) atoms. The van der Waals surface area contributed by atoms with E-state index in [4.69, 9.17) is 13.6 Å². The normalized spacial score (nSPS) is 49.9. The lowest BCUT2D eigenvalue weighted by atomic mass is 9.48. The van der Waals surface area contributed by atoms with Crippen LogP contribution in [0.25, 0.3) is 0 Å². The van der Waals surface area contributed by atoms with E-state index in [1.54, 1.807) is 0 Å². The minimum absolute atomic E-state index is 0.239. The number of hydrogen-bond donors (Lipinski definition) is 0. The molecule has 5 saturated carbocycles. The lowest BCUT2D eigenvalue weighted by molar-refractivity contribution is -0.261. The largest absolute Gasteiger partial charge is 0.413 e. The minimum Gasteiger partial charge on any atom is -0.413 e. The van der Waals surface area contributed by atoms with E-state index in [0.717, 1.165) is 29.6 Å². The molecule has 0 unspecified atom stereocenters. The first-order valence-corrected chi connectivity index (χ1v) is 21.3. The summed E-state index contributed by atoms with van der Waals surface area (Å²) in [5.41, 5.74) is 0.885. The van der Waals surface area contributed by atoms with Crippen LogP contribution in [0.3, 0.4) is 0 Å². The second kappa shape index (κ2) is 7.53. The summed E-state index contributed by atoms with van der Waals surface area (Å²) in [6, 6.07) is 0. The molecule has 0 aromatic carbocycles. The van der Waals surface area contributed by atoms with Gasteiger partial charge in [-0.15, -0.1) is 0 Å². The fraction of sp³-hybridized carbons (Fsp3) is 1.00. The summed E-state index contributed by atoms with van der Waals surface area (Å²) < 4.78 is 21.3. The van der Waals surface area contributed by atoms with E-state index in [0.29, 0.717) is 28.1 Å². The SMILES string of the molecule is CC(C)(C)[Si](C)(C)O[C@H]1CC[C@H]2[C@@H]3CC[C@H]4C[C@@]5(O[Si](C)(C)C(C)(C)C)C[C@H]6[C@H](O5)[C@@]46[C@H]3CC[C@]12C. The molecule has 7 fully saturated rings. The van der Waals surface area contributed by atoms with Crippen molar-refractivity contribution in [3.05, 3.63) is 0 Å². The van der Waals surface area contributed by atoms with Gasteiger partial charge in [0.15, 0.2) is 22.4 Å². The van der Waals surface area contributed by atoms with Gasteiger partial charge < -0.3 is 13.6 Å². The second-order valence-electron chi connectivity index (χ2n) is 17.5. The quantitative estimate of drug-likeness (QED) is 0.339. The third kappa shape index (κ3) is 3.37. The van der Waals surface area contributed by atoms with E-state index in [1.165, 1.54) is 51.4 Å². The van der Waals surface area contributed by atoms with Gasteiger partial charge in [-0.3, -0.25) is 0 Å². The van der Waals surface area contributed by atoms with E-state index in [-0.39, 0.29) is 10.8 Å². The monoisotopic (exact) mass is 532 g/mol. The maximum absolute atomic E-state index is 7.18. The summed E-state index contributed by atoms with van der Waals surface area (Å²) in [6.07, 6.45) is 11.7. The van der Waals surface area contributed by atoms with Crippen molar-refractivity contribution < 1.29 is 13.6 Å². The lowest BCUT2D eigenvalue weighted by Crippen LogP contribution is -2.60. The van der Waals surface area contributed by atoms with E-state index >= 15 is 0 Å². The summed E-state index contributed by atoms with van der Waals surface area (Å²) in [5, 5.41) is 0.531. The molecule has 206 valence electrons. The number of ether oxygens (including phenoxy) is 1. The van der Waals surface area contributed by atoms with Gasteiger partial charge in [-0.2, -0.15) is 0 Å². The highest BCUT2D eigenvalue weighted by molar-refractivity contribution is 6.74. The van der Waals surface area contributed by atoms with Gasteiger partial charge in [-0.05, 0) is 110 Å². The highest BCUT2D eigenvalue weighted by Gasteiger charge is 2.84. The molecule has 7 aliphatic rings. The molecule has 0 amide bonds. The molecule has 2 saturated heterocycles. The Bertz CT molecular complexity index is 902. The van der Waals surface area contributed by atoms with Gasteiger partial charge >= 0.3 is 0 Å². The van der Waals surface area contributed by atoms with Crippen LogP contribution >= 0.6 is 0 Å². The van der Waals surface area contributed by atoms with Crippen molar-refractivity contribution in [2.75, 3.05) is 0 Å². The summed E-state index contributed by atoms with van der Waals surface area (Å²) in [4.78, 5) is 0. The Morgan fingerprint density at radius 2 is 1.42 bits per heavy atom. The van der Waals surface area contributed by atoms with Crippen molar-refractivity contribution in [3.8, 4) is 0 Å². The van der Waals surface area contributed by atoms with Crippen LogP contribution in [0, 0.1) is 40.4 Å². The highest BCUT2D eigenvalue weighted by atomic mass is 28.4. The van der Waals surface area contributed by atoms with E-state index in [2.05, 4.69) is 74.7 Å². The predicted molar refractivity (Wildman–Crippen MR) is 153 cm³/mol. The molecule has 3 nitrogen and oxygen atoms in total. The molecular formula is C31H56O3Si2. The van der Waals surface area contributed by atoms with Crippen molar-refractivity contribution in [1.82, 2.24) is 0 Å². The van der Waals surface area contributed by atoms with E-state index in [9.17, 15) is 0 Å². The van der Waals surface area contributed by atoms with Crippen LogP contribution in [0.4, 0.5) is 0 Å². The lowest BCUT2D eigenvalue weighted by Gasteiger charge is -2.60. The molecule has 5 aliphatic carbocycles. The molecule has 10 atom stereocenters. The van der Waals surface area contributed by atoms with Gasteiger partial charge in [0, 0.05) is 18.3 Å². The molecule has 2 aliphatic heterocycles. The highest BCUT2D eigenvalue weighted by Crippen LogP contribution is 2.83. The summed E-state index contributed by atoms with van der Waals surface area (Å²) >= 11 is 0. The topological polar surface area (TPSA) is 27.7 Å². The number of hydrogen-bond acceptors (Lipinski definition) is 3. The first kappa shape index (κ1) is 26.5. The molecule has 4 bridgehead atoms.